The third kappa shape index (κ3) is 27.1. The summed E-state index contributed by atoms with van der Waals surface area (Å²) in [6.07, 6.45) is 0. The summed E-state index contributed by atoms with van der Waals surface area (Å²) in [6.45, 7) is 0. The van der Waals surface area contributed by atoms with E-state index in [-0.39, 0.29) is 0 Å². The van der Waals surface area contributed by atoms with Gasteiger partial charge in [-0.05, 0) is 22.3 Å². The lowest BCUT2D eigenvalue weighted by Crippen LogP contribution is -1.96. The average Bonchev–Trinajstić information content (AvgIpc) is 2.57. The molecule has 5 atom stereocenters. The molecule has 32 heavy (non-hydrogen) atoms. The van der Waals surface area contributed by atoms with Gasteiger partial charge in [0.2, 0.25) is 0 Å². The summed E-state index contributed by atoms with van der Waals surface area (Å²) in [5.74, 6) is 0. The van der Waals surface area contributed by atoms with Crippen molar-refractivity contribution in [1.29, 1.82) is 0 Å². The van der Waals surface area contributed by atoms with Gasteiger partial charge in [0.15, 0.2) is 0 Å². The summed E-state index contributed by atoms with van der Waals surface area (Å²) in [5.41, 5.74) is 5.59. The van der Waals surface area contributed by atoms with Crippen LogP contribution in [0.4, 0.5) is 21.0 Å². The molecule has 5 unspecified atom stereocenters. The van der Waals surface area contributed by atoms with E-state index in [4.69, 9.17) is 47.3 Å². The van der Waals surface area contributed by atoms with Gasteiger partial charge in [-0.25, -0.2) is 0 Å². The average molecular weight is 572 g/mol. The molecule has 0 heterocycles. The number of hydrogen-bond donors (Lipinski definition) is 5. The van der Waals surface area contributed by atoms with Crippen LogP contribution in [0.15, 0.2) is 48.5 Å². The van der Waals surface area contributed by atoms with Gasteiger partial charge in [0.05, 0.1) is 0 Å². The van der Waals surface area contributed by atoms with Crippen molar-refractivity contribution in [3.63, 3.8) is 0 Å². The minimum absolute atomic E-state index is 1.40. The van der Waals surface area contributed by atoms with Crippen molar-refractivity contribution in [2.45, 2.75) is 0 Å². The molecule has 2 aromatic rings. The molecule has 1 aliphatic rings. The van der Waals surface area contributed by atoms with Crippen LogP contribution in [0, 0.1) is 0 Å². The maximum absolute atomic E-state index is 10.1. The Hall–Kier alpha value is -0.960. The lowest BCUT2D eigenvalue weighted by molar-refractivity contribution is 0.458. The van der Waals surface area contributed by atoms with Gasteiger partial charge in [0.25, 0.3) is 0 Å². The quantitative estimate of drug-likeness (QED) is 0.181. The fourth-order valence-corrected chi connectivity index (χ4v) is 1.84. The van der Waals surface area contributed by atoms with Gasteiger partial charge in [-0.15, -0.1) is 0 Å². The van der Waals surface area contributed by atoms with Crippen molar-refractivity contribution in [2.75, 3.05) is 0 Å². The Morgan fingerprint density at radius 2 is 0.500 bits per heavy atom. The van der Waals surface area contributed by atoms with Gasteiger partial charge in [-0.2, -0.15) is 21.0 Å². The lowest BCUT2D eigenvalue weighted by atomic mass is 9.81. The van der Waals surface area contributed by atoms with Crippen LogP contribution in [0.3, 0.4) is 0 Å². The Morgan fingerprint density at radius 1 is 0.406 bits per heavy atom. The standard InChI is InChI=1S/C12H8.5FH2O2P/c1-2-6-10-9(5-1)11-7-3-4-8-12(10)11;5*1-4(2)3/h1-8H;5*4H,(H,2,3). The van der Waals surface area contributed by atoms with E-state index in [2.05, 4.69) is 48.5 Å². The van der Waals surface area contributed by atoms with Gasteiger partial charge in [-0.1, -0.05) is 48.5 Å². The second-order valence-electron chi connectivity index (χ2n) is 4.36. The Labute approximate surface area is 181 Å². The molecule has 20 heteroatoms. The van der Waals surface area contributed by atoms with Gasteiger partial charge < -0.3 is 24.5 Å². The summed E-state index contributed by atoms with van der Waals surface area (Å²) in [4.78, 5) is 34.7. The van der Waals surface area contributed by atoms with Gasteiger partial charge >= 0.3 is 41.7 Å². The third-order valence-electron chi connectivity index (χ3n) is 2.43. The van der Waals surface area contributed by atoms with Crippen LogP contribution in [0.1, 0.15) is 0 Å². The van der Waals surface area contributed by atoms with Crippen molar-refractivity contribution in [1.82, 2.24) is 0 Å². The highest BCUT2D eigenvalue weighted by molar-refractivity contribution is 7.32. The second kappa shape index (κ2) is 21.9. The summed E-state index contributed by atoms with van der Waals surface area (Å²) < 4.78 is 93.1. The van der Waals surface area contributed by atoms with Crippen molar-refractivity contribution in [3.05, 3.63) is 48.5 Å². The first-order valence-electron chi connectivity index (χ1n) is 7.24. The zero-order valence-corrected chi connectivity index (χ0v) is 20.3. The van der Waals surface area contributed by atoms with Crippen LogP contribution < -0.4 is 0 Å². The normalized spacial score (nSPS) is 13.9. The van der Waals surface area contributed by atoms with E-state index in [1.165, 1.54) is 22.3 Å². The summed E-state index contributed by atoms with van der Waals surface area (Å²) >= 11 is 0. The molecule has 0 amide bonds. The van der Waals surface area contributed by atoms with Crippen LogP contribution in [-0.4, -0.2) is 24.5 Å². The fraction of sp³-hybridized carbons (Fsp3) is 0. The van der Waals surface area contributed by atoms with Crippen LogP contribution in [0.2, 0.25) is 0 Å². The zero-order chi connectivity index (χ0) is 25.9. The molecule has 0 bridgehead atoms. The number of hydrogen-bond acceptors (Lipinski definition) is 5. The maximum Gasteiger partial charge on any atom is 0.353 e. The molecular formula is C12H18F5O10P5. The highest BCUT2D eigenvalue weighted by Gasteiger charge is 2.19. The highest BCUT2D eigenvalue weighted by atomic mass is 31.2. The molecule has 0 fully saturated rings. The minimum Gasteiger partial charge on any atom is -0.323 e. The molecule has 5 N–H and O–H groups in total. The first-order chi connectivity index (χ1) is 14.6. The molecule has 0 aliphatic heterocycles. The molecule has 0 spiro atoms. The van der Waals surface area contributed by atoms with Crippen molar-refractivity contribution in [3.8, 4) is 22.3 Å². The largest absolute Gasteiger partial charge is 0.353 e. The highest BCUT2D eigenvalue weighted by Crippen LogP contribution is 2.46. The molecule has 186 valence electrons. The topological polar surface area (TPSA) is 186 Å². The molecule has 2 aromatic carbocycles. The van der Waals surface area contributed by atoms with E-state index >= 15 is 0 Å². The van der Waals surface area contributed by atoms with E-state index in [0.717, 1.165) is 0 Å². The predicted octanol–water partition coefficient (Wildman–Crippen LogP) is 5.02. The van der Waals surface area contributed by atoms with Crippen LogP contribution in [0.5, 0.6) is 0 Å². The lowest BCUT2D eigenvalue weighted by Gasteiger charge is -2.22. The van der Waals surface area contributed by atoms with Crippen molar-refractivity contribution in [2.24, 2.45) is 0 Å². The summed E-state index contributed by atoms with van der Waals surface area (Å²) in [5, 5.41) is 0. The van der Waals surface area contributed by atoms with Crippen molar-refractivity contribution >= 4 is 41.7 Å². The molecule has 0 saturated heterocycles. The van der Waals surface area contributed by atoms with Crippen LogP contribution >= 0.6 is 41.7 Å². The predicted molar refractivity (Wildman–Crippen MR) is 113 cm³/mol. The molecule has 10 nitrogen and oxygen atoms in total. The molecule has 3 rings (SSSR count). The Kier molecular flexibility index (Phi) is 24.3. The Balaban J connectivity index is -0.000000358. The molecule has 0 radical (unpaired) electrons. The number of fused-ring (bicyclic) bond motifs is 4. The molecule has 0 saturated carbocycles. The van der Waals surface area contributed by atoms with Crippen molar-refractivity contribution < 1.29 is 68.3 Å². The smallest absolute Gasteiger partial charge is 0.323 e. The molecular weight excluding hydrogens is 554 g/mol. The van der Waals surface area contributed by atoms with E-state index in [9.17, 15) is 21.0 Å². The summed E-state index contributed by atoms with van der Waals surface area (Å²) in [7, 11) is -18.1. The van der Waals surface area contributed by atoms with E-state index < -0.39 is 41.7 Å². The first-order valence-corrected chi connectivity index (χ1v) is 13.4. The van der Waals surface area contributed by atoms with Gasteiger partial charge in [0.1, 0.15) is 0 Å². The fourth-order valence-electron chi connectivity index (χ4n) is 1.84. The minimum atomic E-state index is -3.63. The van der Waals surface area contributed by atoms with Crippen LogP contribution in [0.25, 0.3) is 22.3 Å². The van der Waals surface area contributed by atoms with E-state index in [1.54, 1.807) is 0 Å². The Morgan fingerprint density at radius 3 is 0.594 bits per heavy atom. The SMILES string of the molecule is O=[PH](O)F.O=[PH](O)F.O=[PH](O)F.O=[PH](O)F.O=[PH](O)F.c1ccc2c(c1)-c1ccccc1-2. The van der Waals surface area contributed by atoms with Gasteiger partial charge in [0, 0.05) is 0 Å². The first kappa shape index (κ1) is 35.6. The second-order valence-corrected chi connectivity index (χ2v) is 6.89. The summed E-state index contributed by atoms with van der Waals surface area (Å²) in [6, 6.07) is 17.1. The van der Waals surface area contributed by atoms with Crippen LogP contribution in [-0.2, 0) is 22.8 Å². The number of benzene rings is 2. The molecule has 1 aliphatic carbocycles. The number of halogens is 5. The van der Waals surface area contributed by atoms with Gasteiger partial charge in [-0.3, -0.25) is 22.8 Å². The van der Waals surface area contributed by atoms with E-state index in [0.29, 0.717) is 0 Å². The number of rotatable bonds is 0. The monoisotopic (exact) mass is 572 g/mol. The molecule has 0 aromatic heterocycles. The Bertz CT molecular complexity index is 730. The maximum atomic E-state index is 10.1. The van der Waals surface area contributed by atoms with E-state index in [1.807, 2.05) is 0 Å². The zero-order valence-electron chi connectivity index (χ0n) is 15.3. The third-order valence-corrected chi connectivity index (χ3v) is 2.43.